The van der Waals surface area contributed by atoms with Gasteiger partial charge in [0.15, 0.2) is 0 Å². The highest BCUT2D eigenvalue weighted by molar-refractivity contribution is 5.79. The maximum Gasteiger partial charge on any atom is 0.234 e. The van der Waals surface area contributed by atoms with E-state index in [-0.39, 0.29) is 5.91 Å². The van der Waals surface area contributed by atoms with Crippen molar-refractivity contribution in [1.29, 1.82) is 0 Å². The van der Waals surface area contributed by atoms with Crippen molar-refractivity contribution >= 4 is 5.91 Å². The Morgan fingerprint density at radius 1 is 1.80 bits per heavy atom. The molecule has 10 heavy (non-hydrogen) atoms. The van der Waals surface area contributed by atoms with Crippen LogP contribution in [0.3, 0.4) is 0 Å². The molecule has 1 heterocycles. The molecule has 0 aromatic heterocycles. The zero-order valence-corrected chi connectivity index (χ0v) is 6.55. The fourth-order valence-corrected chi connectivity index (χ4v) is 1.26. The zero-order chi connectivity index (χ0) is 7.56. The first-order valence-corrected chi connectivity index (χ1v) is 3.74. The van der Waals surface area contributed by atoms with Gasteiger partial charge in [-0.25, -0.2) is 0 Å². The number of nitrogens with zero attached hydrogens (tertiary/aromatic N) is 1. The molecule has 0 radical (unpaired) electrons. The van der Waals surface area contributed by atoms with Crippen molar-refractivity contribution in [2.75, 3.05) is 19.6 Å². The molecular formula is C7H14N2O. The predicted octanol–water partition coefficient (Wildman–Crippen LogP) is -0.173. The van der Waals surface area contributed by atoms with Gasteiger partial charge in [0.2, 0.25) is 5.91 Å². The molecule has 0 aromatic carbocycles. The first-order chi connectivity index (χ1) is 4.72. The van der Waals surface area contributed by atoms with Gasteiger partial charge in [0, 0.05) is 12.6 Å². The molecule has 58 valence electrons. The molecule has 0 bridgehead atoms. The van der Waals surface area contributed by atoms with Gasteiger partial charge in [-0.3, -0.25) is 9.69 Å². The molecule has 1 atom stereocenters. The number of rotatable bonds is 1. The van der Waals surface area contributed by atoms with E-state index in [1.165, 1.54) is 0 Å². The van der Waals surface area contributed by atoms with Crippen molar-refractivity contribution in [3.05, 3.63) is 0 Å². The summed E-state index contributed by atoms with van der Waals surface area (Å²) in [6, 6.07) is 0.321. The van der Waals surface area contributed by atoms with E-state index in [1.807, 2.05) is 6.92 Å². The molecule has 1 saturated heterocycles. The minimum absolute atomic E-state index is 0.153. The summed E-state index contributed by atoms with van der Waals surface area (Å²) in [6.45, 7) is 6.63. The van der Waals surface area contributed by atoms with Crippen LogP contribution < -0.4 is 5.32 Å². The first kappa shape index (κ1) is 7.54. The lowest BCUT2D eigenvalue weighted by Gasteiger charge is -2.29. The molecule has 3 nitrogen and oxygen atoms in total. The van der Waals surface area contributed by atoms with E-state index < -0.39 is 0 Å². The van der Waals surface area contributed by atoms with Gasteiger partial charge in [0.05, 0.1) is 6.54 Å². The second kappa shape index (κ2) is 3.01. The standard InChI is InChI=1S/C7H14N2O/c1-3-9-4-6(2)8-7(10)5-9/h6H,3-5H2,1-2H3,(H,8,10)/t6-/m1/s1. The Labute approximate surface area is 61.4 Å². The summed E-state index contributed by atoms with van der Waals surface area (Å²) in [4.78, 5) is 13.0. The largest absolute Gasteiger partial charge is 0.351 e. The highest BCUT2D eigenvalue weighted by Gasteiger charge is 2.19. The van der Waals surface area contributed by atoms with Crippen LogP contribution in [-0.4, -0.2) is 36.5 Å². The summed E-state index contributed by atoms with van der Waals surface area (Å²) in [5.74, 6) is 0.153. The number of likely N-dealkylation sites (N-methyl/N-ethyl adjacent to an activating group) is 1. The number of carbonyl (C=O) groups is 1. The quantitative estimate of drug-likeness (QED) is 0.551. The van der Waals surface area contributed by atoms with Crippen molar-refractivity contribution in [1.82, 2.24) is 10.2 Å². The summed E-state index contributed by atoms with van der Waals surface area (Å²) in [7, 11) is 0. The molecule has 1 aliphatic heterocycles. The molecule has 0 aromatic rings. The maximum absolute atomic E-state index is 10.9. The third-order valence-corrected chi connectivity index (χ3v) is 1.75. The van der Waals surface area contributed by atoms with Gasteiger partial charge in [-0.05, 0) is 13.5 Å². The second-order valence-electron chi connectivity index (χ2n) is 2.80. The average Bonchev–Trinajstić information content (AvgIpc) is 1.85. The van der Waals surface area contributed by atoms with Crippen molar-refractivity contribution in [2.24, 2.45) is 0 Å². The molecule has 3 heteroatoms. The monoisotopic (exact) mass is 142 g/mol. The van der Waals surface area contributed by atoms with Crippen LogP contribution in [0.25, 0.3) is 0 Å². The summed E-state index contributed by atoms with van der Waals surface area (Å²) in [6.07, 6.45) is 0. The lowest BCUT2D eigenvalue weighted by Crippen LogP contribution is -2.52. The van der Waals surface area contributed by atoms with Crippen molar-refractivity contribution in [3.8, 4) is 0 Å². The second-order valence-corrected chi connectivity index (χ2v) is 2.80. The van der Waals surface area contributed by atoms with Gasteiger partial charge in [-0.2, -0.15) is 0 Å². The fraction of sp³-hybridized carbons (Fsp3) is 0.857. The van der Waals surface area contributed by atoms with Gasteiger partial charge < -0.3 is 5.32 Å². The van der Waals surface area contributed by atoms with E-state index in [4.69, 9.17) is 0 Å². The Bertz CT molecular complexity index is 136. The highest BCUT2D eigenvalue weighted by atomic mass is 16.2. The lowest BCUT2D eigenvalue weighted by molar-refractivity contribution is -0.125. The third kappa shape index (κ3) is 1.70. The Kier molecular flexibility index (Phi) is 2.27. The molecule has 1 rings (SSSR count). The number of amides is 1. The van der Waals surface area contributed by atoms with Crippen LogP contribution >= 0.6 is 0 Å². The molecular weight excluding hydrogens is 128 g/mol. The zero-order valence-electron chi connectivity index (χ0n) is 6.55. The van der Waals surface area contributed by atoms with Crippen LogP contribution in [0.5, 0.6) is 0 Å². The van der Waals surface area contributed by atoms with Crippen LogP contribution in [0, 0.1) is 0 Å². The summed E-state index contributed by atoms with van der Waals surface area (Å²) in [5, 5.41) is 2.86. The predicted molar refractivity (Wildman–Crippen MR) is 39.7 cm³/mol. The SMILES string of the molecule is CCN1CC(=O)N[C@H](C)C1. The minimum atomic E-state index is 0.153. The van der Waals surface area contributed by atoms with Crippen molar-refractivity contribution < 1.29 is 4.79 Å². The molecule has 1 N–H and O–H groups in total. The Morgan fingerprint density at radius 3 is 3.00 bits per heavy atom. The first-order valence-electron chi connectivity index (χ1n) is 3.74. The van der Waals surface area contributed by atoms with E-state index in [0.29, 0.717) is 12.6 Å². The Balaban J connectivity index is 2.42. The Morgan fingerprint density at radius 2 is 2.50 bits per heavy atom. The van der Waals surface area contributed by atoms with Crippen LogP contribution in [0.15, 0.2) is 0 Å². The van der Waals surface area contributed by atoms with E-state index in [2.05, 4.69) is 17.1 Å². The summed E-state index contributed by atoms with van der Waals surface area (Å²) in [5.41, 5.74) is 0. The molecule has 1 amide bonds. The molecule has 0 unspecified atom stereocenters. The molecule has 0 saturated carbocycles. The molecule has 0 spiro atoms. The van der Waals surface area contributed by atoms with E-state index >= 15 is 0 Å². The number of carbonyl (C=O) groups excluding carboxylic acids is 1. The summed E-state index contributed by atoms with van der Waals surface area (Å²) >= 11 is 0. The highest BCUT2D eigenvalue weighted by Crippen LogP contribution is 1.97. The summed E-state index contributed by atoms with van der Waals surface area (Å²) < 4.78 is 0. The number of piperazine rings is 1. The van der Waals surface area contributed by atoms with Gasteiger partial charge in [-0.15, -0.1) is 0 Å². The van der Waals surface area contributed by atoms with Crippen molar-refractivity contribution in [3.63, 3.8) is 0 Å². The normalized spacial score (nSPS) is 28.2. The van der Waals surface area contributed by atoms with Crippen LogP contribution in [0.1, 0.15) is 13.8 Å². The maximum atomic E-state index is 10.9. The van der Waals surface area contributed by atoms with E-state index in [0.717, 1.165) is 13.1 Å². The van der Waals surface area contributed by atoms with Crippen LogP contribution in [0.2, 0.25) is 0 Å². The lowest BCUT2D eigenvalue weighted by atomic mass is 10.2. The van der Waals surface area contributed by atoms with Crippen LogP contribution in [-0.2, 0) is 4.79 Å². The van der Waals surface area contributed by atoms with Crippen LogP contribution in [0.4, 0.5) is 0 Å². The van der Waals surface area contributed by atoms with Gasteiger partial charge >= 0.3 is 0 Å². The number of hydrogen-bond acceptors (Lipinski definition) is 2. The van der Waals surface area contributed by atoms with E-state index in [1.54, 1.807) is 0 Å². The Hall–Kier alpha value is -0.570. The third-order valence-electron chi connectivity index (χ3n) is 1.75. The average molecular weight is 142 g/mol. The van der Waals surface area contributed by atoms with Gasteiger partial charge in [-0.1, -0.05) is 6.92 Å². The number of nitrogens with one attached hydrogen (secondary N) is 1. The molecule has 1 fully saturated rings. The molecule has 0 aliphatic carbocycles. The van der Waals surface area contributed by atoms with Crippen molar-refractivity contribution in [2.45, 2.75) is 19.9 Å². The minimum Gasteiger partial charge on any atom is -0.351 e. The smallest absolute Gasteiger partial charge is 0.234 e. The van der Waals surface area contributed by atoms with Gasteiger partial charge in [0.1, 0.15) is 0 Å². The topological polar surface area (TPSA) is 32.3 Å². The van der Waals surface area contributed by atoms with E-state index in [9.17, 15) is 4.79 Å². The molecule has 1 aliphatic rings. The number of hydrogen-bond donors (Lipinski definition) is 1. The van der Waals surface area contributed by atoms with Gasteiger partial charge in [0.25, 0.3) is 0 Å². The fourth-order valence-electron chi connectivity index (χ4n) is 1.26.